The molecule has 2 nitrogen and oxygen atoms in total. The van der Waals surface area contributed by atoms with Gasteiger partial charge in [-0.2, -0.15) is 0 Å². The molecule has 2 heteroatoms. The van der Waals surface area contributed by atoms with Crippen LogP contribution in [-0.2, 0) is 9.53 Å². The first kappa shape index (κ1) is 6.70. The molecule has 1 saturated heterocycles. The zero-order valence-electron chi connectivity index (χ0n) is 6.95. The molecule has 3 rings (SSSR count). The third-order valence-corrected chi connectivity index (χ3v) is 3.75. The Bertz CT molecular complexity index is 269. The fourth-order valence-electron chi connectivity index (χ4n) is 3.23. The molecule has 3 fully saturated rings. The van der Waals surface area contributed by atoms with Gasteiger partial charge in [-0.15, -0.1) is 0 Å². The zero-order valence-corrected chi connectivity index (χ0v) is 6.95. The van der Waals surface area contributed by atoms with E-state index in [9.17, 15) is 4.79 Å². The summed E-state index contributed by atoms with van der Waals surface area (Å²) in [6.45, 7) is 3.82. The van der Waals surface area contributed by atoms with Gasteiger partial charge in [0, 0.05) is 11.5 Å². The van der Waals surface area contributed by atoms with E-state index in [0.29, 0.717) is 17.8 Å². The van der Waals surface area contributed by atoms with Crippen molar-refractivity contribution < 1.29 is 9.53 Å². The Morgan fingerprint density at radius 3 is 2.83 bits per heavy atom. The molecule has 12 heavy (non-hydrogen) atoms. The highest BCUT2D eigenvalue weighted by atomic mass is 16.6. The van der Waals surface area contributed by atoms with Crippen LogP contribution in [0.3, 0.4) is 0 Å². The van der Waals surface area contributed by atoms with Crippen LogP contribution in [0.4, 0.5) is 0 Å². The van der Waals surface area contributed by atoms with E-state index in [1.54, 1.807) is 0 Å². The molecule has 2 aliphatic carbocycles. The first-order chi connectivity index (χ1) is 5.77. The van der Waals surface area contributed by atoms with Crippen molar-refractivity contribution in [3.8, 4) is 0 Å². The molecule has 1 aliphatic heterocycles. The van der Waals surface area contributed by atoms with Crippen LogP contribution in [0.15, 0.2) is 12.2 Å². The average molecular weight is 164 g/mol. The van der Waals surface area contributed by atoms with Gasteiger partial charge in [-0.25, -0.2) is 4.79 Å². The van der Waals surface area contributed by atoms with Gasteiger partial charge in [0.25, 0.3) is 0 Å². The lowest BCUT2D eigenvalue weighted by atomic mass is 9.84. The molecule has 4 unspecified atom stereocenters. The van der Waals surface area contributed by atoms with Gasteiger partial charge < -0.3 is 4.74 Å². The lowest BCUT2D eigenvalue weighted by molar-refractivity contribution is -0.140. The molecule has 0 aromatic heterocycles. The minimum absolute atomic E-state index is 0.137. The molecule has 4 atom stereocenters. The van der Waals surface area contributed by atoms with Crippen LogP contribution in [-0.4, -0.2) is 12.1 Å². The van der Waals surface area contributed by atoms with Crippen molar-refractivity contribution in [1.82, 2.24) is 0 Å². The van der Waals surface area contributed by atoms with Gasteiger partial charge in [-0.1, -0.05) is 6.58 Å². The minimum Gasteiger partial charge on any atom is -0.458 e. The van der Waals surface area contributed by atoms with Crippen molar-refractivity contribution in [2.75, 3.05) is 0 Å². The summed E-state index contributed by atoms with van der Waals surface area (Å²) in [7, 11) is 0. The lowest BCUT2D eigenvalue weighted by Gasteiger charge is -2.21. The van der Waals surface area contributed by atoms with Crippen molar-refractivity contribution >= 4 is 5.97 Å². The summed E-state index contributed by atoms with van der Waals surface area (Å²) < 4.78 is 5.29. The normalized spacial score (nSPS) is 49.7. The fraction of sp³-hybridized carbons (Fsp3) is 0.700. The molecule has 0 aromatic carbocycles. The number of ether oxygens (including phenoxy) is 1. The third-order valence-electron chi connectivity index (χ3n) is 3.75. The maximum Gasteiger partial charge on any atom is 0.334 e. The first-order valence-corrected chi connectivity index (χ1v) is 4.67. The fourth-order valence-corrected chi connectivity index (χ4v) is 3.23. The average Bonchev–Trinajstić information content (AvgIpc) is 2.66. The maximum absolute atomic E-state index is 11.2. The van der Waals surface area contributed by atoms with Gasteiger partial charge in [0.1, 0.15) is 6.10 Å². The molecule has 64 valence electrons. The Kier molecular flexibility index (Phi) is 1.07. The highest BCUT2D eigenvalue weighted by Gasteiger charge is 2.55. The van der Waals surface area contributed by atoms with E-state index >= 15 is 0 Å². The van der Waals surface area contributed by atoms with Crippen molar-refractivity contribution in [2.45, 2.75) is 25.4 Å². The van der Waals surface area contributed by atoms with Crippen LogP contribution < -0.4 is 0 Å². The second-order valence-corrected chi connectivity index (χ2v) is 4.25. The van der Waals surface area contributed by atoms with Gasteiger partial charge in [0.15, 0.2) is 0 Å². The summed E-state index contributed by atoms with van der Waals surface area (Å²) in [6.07, 6.45) is 4.01. The molecule has 3 aliphatic rings. The second kappa shape index (κ2) is 1.93. The number of fused-ring (bicyclic) bond motifs is 5. The summed E-state index contributed by atoms with van der Waals surface area (Å²) in [5, 5.41) is 0. The number of carbonyl (C=O) groups is 1. The lowest BCUT2D eigenvalue weighted by Crippen LogP contribution is -2.23. The first-order valence-electron chi connectivity index (χ1n) is 4.67. The molecular weight excluding hydrogens is 152 g/mol. The van der Waals surface area contributed by atoms with Gasteiger partial charge in [-0.3, -0.25) is 0 Å². The van der Waals surface area contributed by atoms with E-state index in [1.165, 1.54) is 19.3 Å². The Morgan fingerprint density at radius 1 is 1.33 bits per heavy atom. The number of carbonyl (C=O) groups excluding carboxylic acids is 1. The van der Waals surface area contributed by atoms with E-state index in [0.717, 1.165) is 5.57 Å². The Labute approximate surface area is 71.6 Å². The number of hydrogen-bond donors (Lipinski definition) is 0. The van der Waals surface area contributed by atoms with Gasteiger partial charge >= 0.3 is 5.97 Å². The van der Waals surface area contributed by atoms with Crippen molar-refractivity contribution in [1.29, 1.82) is 0 Å². The summed E-state index contributed by atoms with van der Waals surface area (Å²) in [5.74, 6) is 1.61. The molecule has 0 spiro atoms. The molecule has 1 heterocycles. The quantitative estimate of drug-likeness (QED) is 0.400. The van der Waals surface area contributed by atoms with E-state index < -0.39 is 0 Å². The second-order valence-electron chi connectivity index (χ2n) is 4.25. The van der Waals surface area contributed by atoms with Crippen LogP contribution in [0.1, 0.15) is 19.3 Å². The van der Waals surface area contributed by atoms with Gasteiger partial charge in [0.2, 0.25) is 0 Å². The van der Waals surface area contributed by atoms with Crippen molar-refractivity contribution in [3.63, 3.8) is 0 Å². The van der Waals surface area contributed by atoms with Crippen molar-refractivity contribution in [2.24, 2.45) is 17.8 Å². The number of rotatable bonds is 0. The minimum atomic E-state index is -0.137. The Hall–Kier alpha value is -0.790. The van der Waals surface area contributed by atoms with Crippen molar-refractivity contribution in [3.05, 3.63) is 12.2 Å². The zero-order chi connectivity index (χ0) is 8.29. The molecule has 2 saturated carbocycles. The van der Waals surface area contributed by atoms with E-state index in [1.807, 2.05) is 0 Å². The topological polar surface area (TPSA) is 26.3 Å². The Balaban J connectivity index is 2.00. The number of hydrogen-bond acceptors (Lipinski definition) is 2. The molecule has 0 N–H and O–H groups in total. The van der Waals surface area contributed by atoms with Gasteiger partial charge in [-0.05, 0) is 31.1 Å². The van der Waals surface area contributed by atoms with Crippen LogP contribution >= 0.6 is 0 Å². The highest BCUT2D eigenvalue weighted by Crippen LogP contribution is 2.55. The van der Waals surface area contributed by atoms with Gasteiger partial charge in [0.05, 0.1) is 0 Å². The number of esters is 1. The molecule has 0 aromatic rings. The molecule has 0 amide bonds. The predicted molar refractivity (Wildman–Crippen MR) is 43.3 cm³/mol. The Morgan fingerprint density at radius 2 is 2.08 bits per heavy atom. The van der Waals surface area contributed by atoms with Crippen LogP contribution in [0, 0.1) is 17.8 Å². The predicted octanol–water partition coefficient (Wildman–Crippen LogP) is 1.51. The van der Waals surface area contributed by atoms with Crippen LogP contribution in [0.2, 0.25) is 0 Å². The summed E-state index contributed by atoms with van der Waals surface area (Å²) in [4.78, 5) is 11.2. The maximum atomic E-state index is 11.2. The molecule has 2 bridgehead atoms. The third kappa shape index (κ3) is 0.598. The summed E-state index contributed by atoms with van der Waals surface area (Å²) in [5.41, 5.74) is 0.743. The van der Waals surface area contributed by atoms with E-state index in [4.69, 9.17) is 4.74 Å². The van der Waals surface area contributed by atoms with E-state index in [-0.39, 0.29) is 12.1 Å². The van der Waals surface area contributed by atoms with E-state index in [2.05, 4.69) is 6.58 Å². The summed E-state index contributed by atoms with van der Waals surface area (Å²) in [6, 6.07) is 0. The molecule has 0 radical (unpaired) electrons. The monoisotopic (exact) mass is 164 g/mol. The highest BCUT2D eigenvalue weighted by molar-refractivity contribution is 5.91. The standard InChI is InChI=1S/C10H12O2/c1-5-8-6-2-3-7(4-6)9(8)12-10(5)11/h6-9H,1-4H2. The molecular formula is C10H12O2. The smallest absolute Gasteiger partial charge is 0.334 e. The SMILES string of the molecule is C=C1C(=O)OC2C3CCC(C3)C12. The van der Waals surface area contributed by atoms with Crippen LogP contribution in [0.5, 0.6) is 0 Å². The summed E-state index contributed by atoms with van der Waals surface area (Å²) >= 11 is 0. The largest absolute Gasteiger partial charge is 0.458 e. The van der Waals surface area contributed by atoms with Crippen LogP contribution in [0.25, 0.3) is 0 Å².